The third-order valence-corrected chi connectivity index (χ3v) is 18.2. The fourth-order valence-corrected chi connectivity index (χ4v) is 14.1. The Balaban J connectivity index is 1.05. The molecule has 4 heterocycles. The monoisotopic (exact) mass is 1150 g/mol. The highest BCUT2D eigenvalue weighted by molar-refractivity contribution is 6.00. The number of phenolic OH excluding ortho intramolecular Hbond substituents is 3. The molecule has 0 fully saturated rings. The average Bonchev–Trinajstić information content (AvgIpc) is 2.32. The van der Waals surface area contributed by atoms with Crippen LogP contribution >= 0.6 is 0 Å². The number of ether oxygens (including phenoxy) is 3. The number of aliphatic hydroxyl groups excluding tert-OH is 1. The zero-order chi connectivity index (χ0) is 59.8. The molecule has 6 N–H and O–H groups in total. The van der Waals surface area contributed by atoms with Crippen molar-refractivity contribution in [3.05, 3.63) is 208 Å². The number of nitrogens with zero attached hydrogens (tertiary/aromatic N) is 2. The molecule has 0 saturated carbocycles. The molecule has 2 aliphatic heterocycles. The summed E-state index contributed by atoms with van der Waals surface area (Å²) in [6.07, 6.45) is 18.9. The number of hydrogen-bond acceptors (Lipinski definition) is 12. The summed E-state index contributed by atoms with van der Waals surface area (Å²) in [6, 6.07) is 28.7. The van der Waals surface area contributed by atoms with Crippen LogP contribution in [-0.2, 0) is 38.4 Å². The van der Waals surface area contributed by atoms with Crippen LogP contribution in [0.5, 0.6) is 34.5 Å². The van der Waals surface area contributed by atoms with E-state index in [-0.39, 0.29) is 83.1 Å². The smallest absolute Gasteiger partial charge is 0.302 e. The van der Waals surface area contributed by atoms with Gasteiger partial charge in [0.2, 0.25) is 5.75 Å². The number of fused-ring (bicyclic) bond motifs is 3. The van der Waals surface area contributed by atoms with E-state index in [1.165, 1.54) is 20.1 Å². The van der Waals surface area contributed by atoms with Gasteiger partial charge in [-0.1, -0.05) is 97.2 Å². The van der Waals surface area contributed by atoms with Crippen LogP contribution in [-0.4, -0.2) is 73.8 Å². The first-order valence-corrected chi connectivity index (χ1v) is 29.8. The third-order valence-electron chi connectivity index (χ3n) is 18.2. The Morgan fingerprint density at radius 1 is 0.884 bits per heavy atom. The second kappa shape index (κ2) is 24.1. The van der Waals surface area contributed by atoms with Gasteiger partial charge in [0.05, 0.1) is 30.9 Å². The number of aromatic nitrogens is 2. The predicted octanol–water partition coefficient (Wildman–Crippen LogP) is 12.9. The van der Waals surface area contributed by atoms with Gasteiger partial charge in [0.1, 0.15) is 40.7 Å². The van der Waals surface area contributed by atoms with Crippen LogP contribution < -0.4 is 19.7 Å². The number of hydrogen-bond donors (Lipinski definition) is 6. The van der Waals surface area contributed by atoms with Crippen LogP contribution in [0, 0.1) is 23.2 Å². The maximum atomic E-state index is 15.4. The Hall–Kier alpha value is -9.19. The van der Waals surface area contributed by atoms with Crippen molar-refractivity contribution < 1.29 is 49.0 Å². The lowest BCUT2D eigenvalue weighted by molar-refractivity contribution is -0.148. The number of allylic oxidation sites excluding steroid dienone is 6. The van der Waals surface area contributed by atoms with Crippen LogP contribution in [0.1, 0.15) is 134 Å². The lowest BCUT2D eigenvalue weighted by atomic mass is 9.61. The fourth-order valence-electron chi connectivity index (χ4n) is 14.1. The number of phenols is 3. The minimum Gasteiger partial charge on any atom is -0.508 e. The zero-order valence-corrected chi connectivity index (χ0v) is 48.9. The normalized spacial score (nSPS) is 22.7. The molecular weight excluding hydrogens is 1080 g/mol. The van der Waals surface area contributed by atoms with E-state index in [9.17, 15) is 30.0 Å². The summed E-state index contributed by atoms with van der Waals surface area (Å²) in [7, 11) is 1.48. The van der Waals surface area contributed by atoms with Gasteiger partial charge in [-0.3, -0.25) is 14.4 Å². The number of aromatic amines is 1. The molecule has 440 valence electrons. The summed E-state index contributed by atoms with van der Waals surface area (Å²) < 4.78 is 20.7. The van der Waals surface area contributed by atoms with Gasteiger partial charge in [-0.2, -0.15) is 0 Å². The Kier molecular flexibility index (Phi) is 16.0. The van der Waals surface area contributed by atoms with Crippen molar-refractivity contribution in [3.63, 3.8) is 0 Å². The number of aromatic hydroxyl groups is 3. The molecule has 86 heavy (non-hydrogen) atoms. The summed E-state index contributed by atoms with van der Waals surface area (Å²) in [5.74, 6) is 7.13. The Morgan fingerprint density at radius 3 is 2.53 bits per heavy atom. The van der Waals surface area contributed by atoms with E-state index in [4.69, 9.17) is 14.2 Å². The first-order valence-electron chi connectivity index (χ1n) is 29.8. The summed E-state index contributed by atoms with van der Waals surface area (Å²) >= 11 is 0. The lowest BCUT2D eigenvalue weighted by Crippen LogP contribution is -2.36. The second-order valence-corrected chi connectivity index (χ2v) is 23.8. The van der Waals surface area contributed by atoms with Gasteiger partial charge in [0.15, 0.2) is 11.5 Å². The predicted molar refractivity (Wildman–Crippen MR) is 331 cm³/mol. The van der Waals surface area contributed by atoms with Crippen molar-refractivity contribution in [2.24, 2.45) is 11.3 Å². The number of rotatable bonds is 11. The average molecular weight is 1150 g/mol. The van der Waals surface area contributed by atoms with Crippen molar-refractivity contribution in [1.82, 2.24) is 14.9 Å². The van der Waals surface area contributed by atoms with E-state index in [0.717, 1.165) is 72.5 Å². The molecule has 0 amide bonds. The first kappa shape index (κ1) is 57.3. The van der Waals surface area contributed by atoms with Gasteiger partial charge in [-0.15, -0.1) is 0 Å². The van der Waals surface area contributed by atoms with Crippen LogP contribution in [0.25, 0.3) is 10.8 Å². The third kappa shape index (κ3) is 11.4. The molecule has 2 aromatic heterocycles. The molecule has 7 aromatic rings. The highest BCUT2D eigenvalue weighted by Crippen LogP contribution is 2.53. The molecule has 0 saturated heterocycles. The topological polar surface area (TPSA) is 196 Å². The number of Topliss-reactive ketones (excluding diaryl/α,β-unsaturated/α-hetero) is 2. The number of carbonyl (C=O) groups is 3. The molecule has 3 aliphatic carbocycles. The molecule has 0 unspecified atom stereocenters. The number of aryl methyl sites for hydroxylation is 1. The van der Waals surface area contributed by atoms with Gasteiger partial charge >= 0.3 is 5.97 Å². The van der Waals surface area contributed by atoms with Gasteiger partial charge in [-0.25, -0.2) is 0 Å². The van der Waals surface area contributed by atoms with Crippen molar-refractivity contribution in [2.45, 2.75) is 115 Å². The lowest BCUT2D eigenvalue weighted by Gasteiger charge is -2.43. The molecule has 6 bridgehead atoms. The number of carbonyl (C=O) groups excluding carboxylic acids is 3. The molecule has 14 nitrogen and oxygen atoms in total. The van der Waals surface area contributed by atoms with Gasteiger partial charge < -0.3 is 54.4 Å². The number of dihydropyridines is 1. The number of anilines is 1. The SMILES string of the molecule is COc1cc([C@@H]2CC(=O)C[C@H](OC(C)=O)CC[C@]34Cc5c[nH]cc5[C@@H](C#CCC3=CC=C[C@@H]4C)[C@H](c3cccc(O)c3)C3=CCNC(=C3)N(CCC(C)=O)c3ccc4c5c(n2cc35)CC[C@@H]4O)cc(O)c1Oc1cc(O)cc(Cc2ccccc2)c1. The zero-order valence-electron chi connectivity index (χ0n) is 48.9. The molecule has 5 aliphatic rings. The first-order chi connectivity index (χ1) is 41.6. The van der Waals surface area contributed by atoms with E-state index >= 15 is 4.79 Å². The van der Waals surface area contributed by atoms with Crippen molar-refractivity contribution >= 4 is 34.0 Å². The molecular formula is C72H72N4O10. The number of nitrogens with one attached hydrogen (secondary N) is 2. The Morgan fingerprint density at radius 2 is 1.73 bits per heavy atom. The molecule has 12 rings (SSSR count). The molecule has 7 atom stereocenters. The van der Waals surface area contributed by atoms with Crippen LogP contribution in [0.4, 0.5) is 5.69 Å². The molecule has 0 radical (unpaired) electrons. The van der Waals surface area contributed by atoms with E-state index < -0.39 is 29.6 Å². The van der Waals surface area contributed by atoms with Gasteiger partial charge in [-0.05, 0) is 144 Å². The van der Waals surface area contributed by atoms with Gasteiger partial charge in [0, 0.05) is 98.2 Å². The van der Waals surface area contributed by atoms with Crippen molar-refractivity contribution in [1.29, 1.82) is 0 Å². The number of methoxy groups -OCH3 is 1. The van der Waals surface area contributed by atoms with E-state index in [2.05, 4.69) is 81.3 Å². The Bertz CT molecular complexity index is 3990. The maximum Gasteiger partial charge on any atom is 0.302 e. The summed E-state index contributed by atoms with van der Waals surface area (Å²) in [6.45, 7) is 5.93. The van der Waals surface area contributed by atoms with Crippen LogP contribution in [0.3, 0.4) is 0 Å². The van der Waals surface area contributed by atoms with E-state index in [0.29, 0.717) is 63.6 Å². The second-order valence-electron chi connectivity index (χ2n) is 23.8. The molecule has 1 spiro atoms. The van der Waals surface area contributed by atoms with Crippen molar-refractivity contribution in [2.75, 3.05) is 25.1 Å². The van der Waals surface area contributed by atoms with Crippen LogP contribution in [0.15, 0.2) is 163 Å². The summed E-state index contributed by atoms with van der Waals surface area (Å²) in [4.78, 5) is 47.4. The largest absolute Gasteiger partial charge is 0.508 e. The minimum atomic E-state index is -0.792. The Labute approximate surface area is 501 Å². The fraction of sp³-hybridized carbons (Fsp3) is 0.319. The van der Waals surface area contributed by atoms with E-state index in [1.54, 1.807) is 37.3 Å². The highest BCUT2D eigenvalue weighted by Gasteiger charge is 2.43. The number of H-pyrrole nitrogens is 1. The number of ketones is 2. The minimum absolute atomic E-state index is 0.00200. The van der Waals surface area contributed by atoms with E-state index in [1.807, 2.05) is 66.9 Å². The summed E-state index contributed by atoms with van der Waals surface area (Å²) in [5, 5.41) is 51.5. The summed E-state index contributed by atoms with van der Waals surface area (Å²) in [5.41, 5.74) is 9.37. The van der Waals surface area contributed by atoms with Gasteiger partial charge in [0.25, 0.3) is 0 Å². The number of aliphatic hydroxyl groups is 1. The molecule has 14 heteroatoms. The number of benzene rings is 5. The van der Waals surface area contributed by atoms with Crippen molar-refractivity contribution in [3.8, 4) is 46.3 Å². The standard InChI is InChI=1S/C72H72N4O10/c1-43-11-8-15-52-16-10-18-58-60-41-73-40-51(60)39-72(43,52)26-23-56(85-45(3)78)36-55(81)38-64(50-33-66(83)71(67(34-50)84-4)86-57-31-47(30-54(80)37-57)29-46-12-6-5-7-13-46)76-42-61-62(20-19-59-65(82)22-21-63(76)70(59)61)75(28-25-44(2)77)68-35-49(24-27-74-68)69(58)48-14-9-17-53(79)32-48/h5-9,11-15,17,19-20,24,30-35,37,40-43,56,58,64-65,69,73-74,79-80,82-83H,16,21-23,25-29,36,38-39H2,1-4H3/t43-,56+,58+,64-,65-,69+,72+/m0/s1. The van der Waals surface area contributed by atoms with Crippen LogP contribution in [0.2, 0.25) is 0 Å². The highest BCUT2D eigenvalue weighted by atomic mass is 16.5. The number of esters is 1. The maximum absolute atomic E-state index is 15.4. The molecule has 5 aromatic carbocycles. The quantitative estimate of drug-likeness (QED) is 0.0531.